The smallest absolute Gasteiger partial charge is 0.361 e. The molecule has 31 heavy (non-hydrogen) atoms. The largest absolute Gasteiger partial charge is 0.388 e. The lowest BCUT2D eigenvalue weighted by Crippen LogP contribution is -2.40. The number of nitrogens with zero attached hydrogens (tertiary/aromatic N) is 2. The van der Waals surface area contributed by atoms with Gasteiger partial charge in [0, 0.05) is 33.1 Å². The van der Waals surface area contributed by atoms with E-state index in [1.54, 1.807) is 0 Å². The third kappa shape index (κ3) is 4.85. The Kier molecular flexibility index (Phi) is 7.39. The molecule has 13 heteroatoms. The van der Waals surface area contributed by atoms with Gasteiger partial charge in [0.15, 0.2) is 5.34 Å². The third-order valence-electron chi connectivity index (χ3n) is 5.74. The number of halogens is 1. The maximum Gasteiger partial charge on any atom is 0.361 e. The average Bonchev–Trinajstić information content (AvgIpc) is 2.96. The van der Waals surface area contributed by atoms with Crippen molar-refractivity contribution in [1.82, 2.24) is 9.13 Å². The van der Waals surface area contributed by atoms with Crippen molar-refractivity contribution in [2.24, 2.45) is 14.1 Å². The summed E-state index contributed by atoms with van der Waals surface area (Å²) in [6, 6.07) is 0. The predicted molar refractivity (Wildman–Crippen MR) is 107 cm³/mol. The van der Waals surface area contributed by atoms with Crippen molar-refractivity contribution < 1.29 is 38.4 Å². The van der Waals surface area contributed by atoms with E-state index in [4.69, 9.17) is 9.26 Å². The highest BCUT2D eigenvalue weighted by Crippen LogP contribution is 2.59. The van der Waals surface area contributed by atoms with Crippen LogP contribution in [0.5, 0.6) is 0 Å². The van der Waals surface area contributed by atoms with E-state index in [1.165, 1.54) is 27.9 Å². The number of hydrogen-bond donors (Lipinski definition) is 4. The monoisotopic (exact) mass is 468 g/mol. The van der Waals surface area contributed by atoms with E-state index >= 15 is 4.39 Å². The molecule has 0 bridgehead atoms. The molecule has 2 rings (SSSR count). The lowest BCUT2D eigenvalue weighted by Gasteiger charge is -2.34. The molecule has 7 atom stereocenters. The van der Waals surface area contributed by atoms with Crippen LogP contribution in [0.4, 0.5) is 4.39 Å². The molecular weight excluding hydrogens is 438 g/mol. The van der Waals surface area contributed by atoms with Crippen molar-refractivity contribution in [3.8, 4) is 0 Å². The van der Waals surface area contributed by atoms with Crippen molar-refractivity contribution in [1.29, 1.82) is 0 Å². The molecule has 0 aromatic carbocycles. The molecule has 1 aliphatic rings. The zero-order valence-corrected chi connectivity index (χ0v) is 19.0. The topological polar surface area (TPSA) is 160 Å². The molecule has 0 radical (unpaired) electrons. The van der Waals surface area contributed by atoms with E-state index in [2.05, 4.69) is 0 Å². The van der Waals surface area contributed by atoms with E-state index in [9.17, 15) is 34.4 Å². The summed E-state index contributed by atoms with van der Waals surface area (Å²) < 4.78 is 40.0. The standard InChI is InChI=1S/C18H30FN2O9P/c1-6-17(3,26)31(27,28)30-18(19,7-2)8-11-12(22)13(23)14(29-11)10-9-20(4)16(25)21(5)15(10)24/h9,11-14,22-23,26H,6-8H2,1-5H3,(H,27,28)/t11-,12-,13-,14+,17-,18-/m1/s1. The molecule has 1 aliphatic heterocycles. The van der Waals surface area contributed by atoms with Crippen LogP contribution in [0.1, 0.15) is 51.7 Å². The normalized spacial score (nSPS) is 29.9. The maximum atomic E-state index is 15.4. The second-order valence-corrected chi connectivity index (χ2v) is 10.2. The number of aryl methyl sites for hydroxylation is 1. The van der Waals surface area contributed by atoms with E-state index in [1.807, 2.05) is 0 Å². The highest BCUT2D eigenvalue weighted by atomic mass is 31.2. The fourth-order valence-corrected chi connectivity index (χ4v) is 4.52. The Morgan fingerprint density at radius 3 is 2.32 bits per heavy atom. The van der Waals surface area contributed by atoms with Crippen molar-refractivity contribution in [2.45, 2.75) is 75.6 Å². The summed E-state index contributed by atoms with van der Waals surface area (Å²) in [5.41, 5.74) is -1.48. The Labute approximate surface area is 178 Å². The third-order valence-corrected chi connectivity index (χ3v) is 7.85. The SMILES string of the molecule is CC[C@](F)(C[C@H]1O[C@@H](c2cn(C)c(=O)n(C)c2=O)[C@H](O)[C@@H]1O)OP(=O)(O)[C@@](C)(O)CC. The van der Waals surface area contributed by atoms with Crippen LogP contribution >= 0.6 is 7.60 Å². The molecule has 1 saturated heterocycles. The van der Waals surface area contributed by atoms with Crippen molar-refractivity contribution in [3.05, 3.63) is 32.6 Å². The fraction of sp³-hybridized carbons (Fsp3) is 0.778. The molecule has 2 heterocycles. The minimum absolute atomic E-state index is 0.123. The molecule has 1 fully saturated rings. The number of rotatable bonds is 8. The van der Waals surface area contributed by atoms with Gasteiger partial charge in [-0.1, -0.05) is 13.8 Å². The summed E-state index contributed by atoms with van der Waals surface area (Å²) in [4.78, 5) is 34.4. The summed E-state index contributed by atoms with van der Waals surface area (Å²) >= 11 is 0. The highest BCUT2D eigenvalue weighted by Gasteiger charge is 2.52. The molecule has 1 aromatic rings. The Balaban J connectivity index is 2.32. The average molecular weight is 468 g/mol. The summed E-state index contributed by atoms with van der Waals surface area (Å²) in [5, 5.41) is 28.7. The Morgan fingerprint density at radius 2 is 1.81 bits per heavy atom. The van der Waals surface area contributed by atoms with Crippen LogP contribution in [0.2, 0.25) is 0 Å². The highest BCUT2D eigenvalue weighted by molar-refractivity contribution is 7.54. The van der Waals surface area contributed by atoms with Gasteiger partial charge in [0.2, 0.25) is 5.85 Å². The van der Waals surface area contributed by atoms with Crippen LogP contribution in [0.3, 0.4) is 0 Å². The summed E-state index contributed by atoms with van der Waals surface area (Å²) in [5.74, 6) is -2.78. The number of hydrogen-bond acceptors (Lipinski definition) is 8. The minimum atomic E-state index is -4.84. The maximum absolute atomic E-state index is 15.4. The Morgan fingerprint density at radius 1 is 1.23 bits per heavy atom. The number of aromatic nitrogens is 2. The van der Waals surface area contributed by atoms with Gasteiger partial charge in [-0.25, -0.2) is 9.18 Å². The van der Waals surface area contributed by atoms with Crippen molar-refractivity contribution >= 4 is 7.60 Å². The van der Waals surface area contributed by atoms with E-state index in [-0.39, 0.29) is 12.0 Å². The van der Waals surface area contributed by atoms with Crippen LogP contribution in [-0.4, -0.2) is 58.9 Å². The zero-order chi connectivity index (χ0) is 23.9. The Hall–Kier alpha value is -1.40. The summed E-state index contributed by atoms with van der Waals surface area (Å²) in [6.45, 7) is 3.80. The summed E-state index contributed by atoms with van der Waals surface area (Å²) in [7, 11) is -2.21. The molecule has 0 aliphatic carbocycles. The van der Waals surface area contributed by atoms with Gasteiger partial charge in [-0.05, 0) is 13.3 Å². The van der Waals surface area contributed by atoms with Gasteiger partial charge < -0.3 is 29.5 Å². The van der Waals surface area contributed by atoms with Crippen LogP contribution in [-0.2, 0) is 27.9 Å². The number of ether oxygens (including phenoxy) is 1. The van der Waals surface area contributed by atoms with Crippen LogP contribution in [0.15, 0.2) is 15.8 Å². The molecule has 178 valence electrons. The second kappa shape index (κ2) is 8.86. The van der Waals surface area contributed by atoms with E-state index in [0.717, 1.165) is 22.3 Å². The van der Waals surface area contributed by atoms with Crippen molar-refractivity contribution in [2.75, 3.05) is 0 Å². The van der Waals surface area contributed by atoms with Gasteiger partial charge in [-0.15, -0.1) is 0 Å². The fourth-order valence-electron chi connectivity index (χ4n) is 3.27. The van der Waals surface area contributed by atoms with E-state index < -0.39 is 67.3 Å². The van der Waals surface area contributed by atoms with Gasteiger partial charge in [0.1, 0.15) is 18.3 Å². The van der Waals surface area contributed by atoms with Gasteiger partial charge in [-0.3, -0.25) is 18.5 Å². The van der Waals surface area contributed by atoms with Crippen LogP contribution in [0, 0.1) is 0 Å². The Bertz CT molecular complexity index is 978. The molecule has 1 aromatic heterocycles. The van der Waals surface area contributed by atoms with Crippen LogP contribution < -0.4 is 11.2 Å². The number of aliphatic hydroxyl groups excluding tert-OH is 2. The number of alkyl halides is 1. The number of aliphatic hydroxyl groups is 3. The van der Waals surface area contributed by atoms with Crippen molar-refractivity contribution in [3.63, 3.8) is 0 Å². The molecule has 11 nitrogen and oxygen atoms in total. The minimum Gasteiger partial charge on any atom is -0.388 e. The predicted octanol–water partition coefficient (Wildman–Crippen LogP) is 0.0321. The van der Waals surface area contributed by atoms with Gasteiger partial charge in [-0.2, -0.15) is 0 Å². The lowest BCUT2D eigenvalue weighted by atomic mass is 9.99. The first-order valence-corrected chi connectivity index (χ1v) is 11.4. The molecule has 4 N–H and O–H groups in total. The first-order valence-electron chi connectivity index (χ1n) is 9.84. The first-order chi connectivity index (χ1) is 14.1. The molecule has 0 amide bonds. The van der Waals surface area contributed by atoms with Gasteiger partial charge in [0.05, 0.1) is 11.7 Å². The lowest BCUT2D eigenvalue weighted by molar-refractivity contribution is -0.128. The second-order valence-electron chi connectivity index (χ2n) is 8.04. The summed E-state index contributed by atoms with van der Waals surface area (Å²) in [6.07, 6.45) is -6.25. The quantitative estimate of drug-likeness (QED) is 0.386. The van der Waals surface area contributed by atoms with Gasteiger partial charge >= 0.3 is 13.3 Å². The molecule has 0 spiro atoms. The van der Waals surface area contributed by atoms with Crippen LogP contribution in [0.25, 0.3) is 0 Å². The molecular formula is C18H30FN2O9P. The zero-order valence-electron chi connectivity index (χ0n) is 18.1. The molecule has 1 unspecified atom stereocenters. The van der Waals surface area contributed by atoms with Gasteiger partial charge in [0.25, 0.3) is 5.56 Å². The molecule has 0 saturated carbocycles. The first kappa shape index (κ1) is 25.9. The van der Waals surface area contributed by atoms with E-state index in [0.29, 0.717) is 0 Å².